The van der Waals surface area contributed by atoms with E-state index in [9.17, 15) is 0 Å². The van der Waals surface area contributed by atoms with E-state index >= 15 is 0 Å². The molecule has 0 bridgehead atoms. The predicted octanol–water partition coefficient (Wildman–Crippen LogP) is 4.83. The Morgan fingerprint density at radius 3 is 2.06 bits per heavy atom. The average molecular weight is 228 g/mol. The number of hydrogen-bond acceptors (Lipinski definition) is 0. The molecule has 0 radical (unpaired) electrons. The second-order valence-electron chi connectivity index (χ2n) is 5.07. The number of terminal acetylenes is 1. The van der Waals surface area contributed by atoms with Gasteiger partial charge in [-0.1, -0.05) is 19.4 Å². The van der Waals surface area contributed by atoms with Gasteiger partial charge in [0.25, 0.3) is 0 Å². The lowest BCUT2D eigenvalue weighted by atomic mass is 9.82. The van der Waals surface area contributed by atoms with E-state index in [0.717, 1.165) is 6.42 Å². The molecule has 1 unspecified atom stereocenters. The van der Waals surface area contributed by atoms with E-state index in [4.69, 9.17) is 6.42 Å². The first-order valence-corrected chi connectivity index (χ1v) is 6.53. The van der Waals surface area contributed by atoms with Gasteiger partial charge in [-0.05, 0) is 67.9 Å². The quantitative estimate of drug-likeness (QED) is 0.648. The minimum Gasteiger partial charge on any atom is -0.120 e. The Hall–Kier alpha value is -1.22. The molecule has 0 amide bonds. The first-order valence-electron chi connectivity index (χ1n) is 6.53. The van der Waals surface area contributed by atoms with Gasteiger partial charge in [0.15, 0.2) is 0 Å². The summed E-state index contributed by atoms with van der Waals surface area (Å²) in [6.07, 6.45) is 8.76. The van der Waals surface area contributed by atoms with E-state index in [2.05, 4.69) is 46.6 Å². The highest BCUT2D eigenvalue weighted by atomic mass is 14.2. The maximum absolute atomic E-state index is 5.52. The number of hydrogen-bond donors (Lipinski definition) is 0. The van der Waals surface area contributed by atoms with E-state index in [1.807, 2.05) is 0 Å². The van der Waals surface area contributed by atoms with Gasteiger partial charge in [0.05, 0.1) is 0 Å². The third kappa shape index (κ3) is 2.91. The fraction of sp³-hybridized carbons (Fsp3) is 0.529. The first kappa shape index (κ1) is 13.8. The smallest absolute Gasteiger partial charge is 0.0155 e. The molecule has 1 aromatic rings. The fourth-order valence-corrected chi connectivity index (χ4v) is 2.70. The number of aryl methyl sites for hydroxylation is 2. The summed E-state index contributed by atoms with van der Waals surface area (Å²) in [4.78, 5) is 0. The SMILES string of the molecule is C#CCC(CCC)c1c(C)c(C)cc(C)c1C. The van der Waals surface area contributed by atoms with Crippen LogP contribution in [-0.4, -0.2) is 0 Å². The molecule has 17 heavy (non-hydrogen) atoms. The molecule has 0 aliphatic heterocycles. The highest BCUT2D eigenvalue weighted by molar-refractivity contribution is 5.46. The van der Waals surface area contributed by atoms with Crippen molar-refractivity contribution < 1.29 is 0 Å². The van der Waals surface area contributed by atoms with Crippen molar-refractivity contribution in [2.45, 2.75) is 59.8 Å². The van der Waals surface area contributed by atoms with Crippen LogP contribution in [0.2, 0.25) is 0 Å². The molecule has 0 nitrogen and oxygen atoms in total. The Kier molecular flexibility index (Phi) is 4.82. The molecule has 0 heterocycles. The van der Waals surface area contributed by atoms with Gasteiger partial charge in [0.1, 0.15) is 0 Å². The molecule has 92 valence electrons. The van der Waals surface area contributed by atoms with Crippen molar-refractivity contribution in [3.05, 3.63) is 33.9 Å². The van der Waals surface area contributed by atoms with Crippen LogP contribution >= 0.6 is 0 Å². The van der Waals surface area contributed by atoms with Crippen LogP contribution in [0.4, 0.5) is 0 Å². The summed E-state index contributed by atoms with van der Waals surface area (Å²) < 4.78 is 0. The molecule has 0 aliphatic rings. The fourth-order valence-electron chi connectivity index (χ4n) is 2.70. The Balaban J connectivity index is 3.31. The van der Waals surface area contributed by atoms with Crippen molar-refractivity contribution in [2.75, 3.05) is 0 Å². The molecule has 1 aromatic carbocycles. The van der Waals surface area contributed by atoms with Gasteiger partial charge in [0.2, 0.25) is 0 Å². The van der Waals surface area contributed by atoms with Crippen LogP contribution < -0.4 is 0 Å². The van der Waals surface area contributed by atoms with Gasteiger partial charge in [-0.3, -0.25) is 0 Å². The van der Waals surface area contributed by atoms with Crippen molar-refractivity contribution in [3.8, 4) is 12.3 Å². The molecule has 0 spiro atoms. The Bertz CT molecular complexity index is 406. The molecule has 0 N–H and O–H groups in total. The van der Waals surface area contributed by atoms with Crippen molar-refractivity contribution in [1.82, 2.24) is 0 Å². The molecule has 0 aliphatic carbocycles. The van der Waals surface area contributed by atoms with E-state index in [1.54, 1.807) is 0 Å². The zero-order valence-electron chi connectivity index (χ0n) is 11.9. The zero-order chi connectivity index (χ0) is 13.0. The van der Waals surface area contributed by atoms with Gasteiger partial charge in [-0.25, -0.2) is 0 Å². The Morgan fingerprint density at radius 2 is 1.65 bits per heavy atom. The van der Waals surface area contributed by atoms with Crippen LogP contribution in [0.15, 0.2) is 6.07 Å². The summed E-state index contributed by atoms with van der Waals surface area (Å²) in [5, 5.41) is 0. The summed E-state index contributed by atoms with van der Waals surface area (Å²) in [5.74, 6) is 3.38. The van der Waals surface area contributed by atoms with Gasteiger partial charge in [-0.2, -0.15) is 0 Å². The molecule has 0 fully saturated rings. The molecule has 0 heteroatoms. The predicted molar refractivity (Wildman–Crippen MR) is 76.5 cm³/mol. The Morgan fingerprint density at radius 1 is 1.12 bits per heavy atom. The van der Waals surface area contributed by atoms with Crippen LogP contribution in [0, 0.1) is 40.0 Å². The third-order valence-corrected chi connectivity index (χ3v) is 3.83. The van der Waals surface area contributed by atoms with E-state index < -0.39 is 0 Å². The first-order chi connectivity index (χ1) is 8.02. The van der Waals surface area contributed by atoms with Crippen LogP contribution in [0.5, 0.6) is 0 Å². The Labute approximate surface area is 106 Å². The van der Waals surface area contributed by atoms with E-state index in [0.29, 0.717) is 5.92 Å². The van der Waals surface area contributed by atoms with Gasteiger partial charge >= 0.3 is 0 Å². The summed E-state index contributed by atoms with van der Waals surface area (Å²) >= 11 is 0. The number of rotatable bonds is 4. The van der Waals surface area contributed by atoms with Crippen LogP contribution in [-0.2, 0) is 0 Å². The summed E-state index contributed by atoms with van der Waals surface area (Å²) in [6.45, 7) is 11.1. The number of benzene rings is 1. The molecule has 1 atom stereocenters. The van der Waals surface area contributed by atoms with Crippen LogP contribution in [0.3, 0.4) is 0 Å². The lowest BCUT2D eigenvalue weighted by Crippen LogP contribution is -2.06. The highest BCUT2D eigenvalue weighted by Gasteiger charge is 2.17. The van der Waals surface area contributed by atoms with Gasteiger partial charge < -0.3 is 0 Å². The molecule has 1 rings (SSSR count). The van der Waals surface area contributed by atoms with E-state index in [1.165, 1.54) is 40.7 Å². The van der Waals surface area contributed by atoms with E-state index in [-0.39, 0.29) is 0 Å². The second-order valence-corrected chi connectivity index (χ2v) is 5.07. The summed E-state index contributed by atoms with van der Waals surface area (Å²) in [7, 11) is 0. The lowest BCUT2D eigenvalue weighted by molar-refractivity contribution is 0.621. The normalized spacial score (nSPS) is 12.2. The maximum atomic E-state index is 5.52. The van der Waals surface area contributed by atoms with Crippen LogP contribution in [0.1, 0.15) is 59.9 Å². The maximum Gasteiger partial charge on any atom is 0.0155 e. The van der Waals surface area contributed by atoms with Crippen molar-refractivity contribution in [1.29, 1.82) is 0 Å². The second kappa shape index (κ2) is 5.92. The highest BCUT2D eigenvalue weighted by Crippen LogP contribution is 2.33. The standard InChI is InChI=1S/C17H24/c1-7-9-16(10-8-2)17-14(5)12(3)11-13(4)15(17)6/h1,11,16H,8-10H2,2-6H3. The van der Waals surface area contributed by atoms with Crippen molar-refractivity contribution in [2.24, 2.45) is 0 Å². The largest absolute Gasteiger partial charge is 0.120 e. The molecule has 0 saturated heterocycles. The van der Waals surface area contributed by atoms with Gasteiger partial charge in [0, 0.05) is 6.42 Å². The minimum absolute atomic E-state index is 0.531. The summed E-state index contributed by atoms with van der Waals surface area (Å²) in [5.41, 5.74) is 7.15. The summed E-state index contributed by atoms with van der Waals surface area (Å²) in [6, 6.07) is 2.28. The van der Waals surface area contributed by atoms with Crippen LogP contribution in [0.25, 0.3) is 0 Å². The third-order valence-electron chi connectivity index (χ3n) is 3.83. The topological polar surface area (TPSA) is 0 Å². The lowest BCUT2D eigenvalue weighted by Gasteiger charge is -2.22. The minimum atomic E-state index is 0.531. The molecule has 0 aromatic heterocycles. The molecular formula is C17H24. The zero-order valence-corrected chi connectivity index (χ0v) is 11.9. The molecular weight excluding hydrogens is 204 g/mol. The van der Waals surface area contributed by atoms with Crippen molar-refractivity contribution in [3.63, 3.8) is 0 Å². The molecule has 0 saturated carbocycles. The van der Waals surface area contributed by atoms with Gasteiger partial charge in [-0.15, -0.1) is 12.3 Å². The van der Waals surface area contributed by atoms with Crippen molar-refractivity contribution >= 4 is 0 Å². The average Bonchev–Trinajstić information content (AvgIpc) is 2.27. The monoisotopic (exact) mass is 228 g/mol.